The highest BCUT2D eigenvalue weighted by atomic mass is 79.9. The van der Waals surface area contributed by atoms with Crippen molar-refractivity contribution in [3.8, 4) is 5.75 Å². The maximum absolute atomic E-state index is 5.42. The maximum atomic E-state index is 5.42. The number of hydrogen-bond acceptors (Lipinski definition) is 2. The Hall–Kier alpha value is -1.32. The minimum absolute atomic E-state index is 0. The molecule has 3 heteroatoms. The predicted molar refractivity (Wildman–Crippen MR) is 111 cm³/mol. The number of piperidine rings is 1. The van der Waals surface area contributed by atoms with E-state index in [-0.39, 0.29) is 22.4 Å². The van der Waals surface area contributed by atoms with E-state index in [0.717, 1.165) is 18.7 Å². The third kappa shape index (κ3) is 4.65. The summed E-state index contributed by atoms with van der Waals surface area (Å²) < 4.78 is 5.42. The Morgan fingerprint density at radius 1 is 1.12 bits per heavy atom. The van der Waals surface area contributed by atoms with E-state index < -0.39 is 0 Å². The second-order valence-corrected chi connectivity index (χ2v) is 7.34. The molecule has 1 fully saturated rings. The minimum atomic E-state index is 0. The van der Waals surface area contributed by atoms with Crippen molar-refractivity contribution in [3.63, 3.8) is 0 Å². The predicted octanol–water partition coefficient (Wildman–Crippen LogP) is 5.12. The molecule has 2 aromatic carbocycles. The maximum Gasteiger partial charge on any atom is 0.119 e. The fourth-order valence-electron chi connectivity index (χ4n) is 3.86. The Balaban J connectivity index is 0.00000225. The summed E-state index contributed by atoms with van der Waals surface area (Å²) in [7, 11) is 1.75. The van der Waals surface area contributed by atoms with E-state index in [2.05, 4.69) is 67.3 Å². The number of halogens is 1. The smallest absolute Gasteiger partial charge is 0.119 e. The molecule has 1 saturated heterocycles. The molecule has 0 amide bonds. The first-order valence-electron chi connectivity index (χ1n) is 9.02. The van der Waals surface area contributed by atoms with Crippen molar-refractivity contribution in [2.24, 2.45) is 5.92 Å². The average Bonchev–Trinajstić information content (AvgIpc) is 2.63. The fraction of sp³-hybridized carbons (Fsp3) is 0.455. The van der Waals surface area contributed by atoms with Gasteiger partial charge in [0.15, 0.2) is 0 Å². The van der Waals surface area contributed by atoms with Gasteiger partial charge in [0.1, 0.15) is 5.75 Å². The van der Waals surface area contributed by atoms with E-state index in [1.165, 1.54) is 30.6 Å². The standard InChI is InChI=1S/C22H29NO.BrH/c1-18-17-23(14-12-19-8-5-4-6-9-19)15-13-22(18,2)20-10-7-11-21(16-20)24-3;/h4-11,16,18H,12-15,17H2,1-3H3;1H/t18-,22-;/m0./s1. The third-order valence-corrected chi connectivity index (χ3v) is 5.86. The summed E-state index contributed by atoms with van der Waals surface area (Å²) in [4.78, 5) is 2.62. The van der Waals surface area contributed by atoms with Crippen LogP contribution in [-0.2, 0) is 11.8 Å². The van der Waals surface area contributed by atoms with Crippen LogP contribution in [-0.4, -0.2) is 31.6 Å². The van der Waals surface area contributed by atoms with Crippen LogP contribution in [0.3, 0.4) is 0 Å². The average molecular weight is 404 g/mol. The molecule has 25 heavy (non-hydrogen) atoms. The number of ether oxygens (including phenoxy) is 1. The zero-order valence-electron chi connectivity index (χ0n) is 15.6. The van der Waals surface area contributed by atoms with Gasteiger partial charge >= 0.3 is 0 Å². The second kappa shape index (κ2) is 8.86. The Morgan fingerprint density at radius 3 is 2.56 bits per heavy atom. The Labute approximate surface area is 163 Å². The summed E-state index contributed by atoms with van der Waals surface area (Å²) in [5.41, 5.74) is 3.08. The first kappa shape index (κ1) is 20.0. The van der Waals surface area contributed by atoms with Crippen LogP contribution < -0.4 is 4.74 Å². The number of hydrogen-bond donors (Lipinski definition) is 0. The zero-order chi connectivity index (χ0) is 17.0. The van der Waals surface area contributed by atoms with Crippen LogP contribution in [0.5, 0.6) is 5.75 Å². The van der Waals surface area contributed by atoms with Gasteiger partial charge in [0.2, 0.25) is 0 Å². The Kier molecular flexibility index (Phi) is 7.09. The van der Waals surface area contributed by atoms with Crippen LogP contribution in [0, 0.1) is 5.92 Å². The molecule has 1 heterocycles. The summed E-state index contributed by atoms with van der Waals surface area (Å²) in [6.45, 7) is 8.31. The highest BCUT2D eigenvalue weighted by molar-refractivity contribution is 8.93. The summed E-state index contributed by atoms with van der Waals surface area (Å²) in [6, 6.07) is 19.4. The SMILES string of the molecule is Br.COc1cccc([C@@]2(C)CCN(CCc3ccccc3)C[C@@H]2C)c1. The van der Waals surface area contributed by atoms with Crippen LogP contribution in [0.4, 0.5) is 0 Å². The van der Waals surface area contributed by atoms with Crippen LogP contribution in [0.25, 0.3) is 0 Å². The van der Waals surface area contributed by atoms with Gasteiger partial charge in [-0.25, -0.2) is 0 Å². The molecule has 0 aliphatic carbocycles. The van der Waals surface area contributed by atoms with Crippen LogP contribution >= 0.6 is 17.0 Å². The van der Waals surface area contributed by atoms with E-state index in [1.807, 2.05) is 6.07 Å². The number of rotatable bonds is 5. The molecule has 2 atom stereocenters. The van der Waals surface area contributed by atoms with Crippen LogP contribution in [0.1, 0.15) is 31.4 Å². The third-order valence-electron chi connectivity index (χ3n) is 5.86. The lowest BCUT2D eigenvalue weighted by Crippen LogP contribution is -2.47. The van der Waals surface area contributed by atoms with Crippen LogP contribution in [0.2, 0.25) is 0 Å². The Morgan fingerprint density at radius 2 is 1.88 bits per heavy atom. The number of nitrogens with zero attached hydrogens (tertiary/aromatic N) is 1. The first-order chi connectivity index (χ1) is 11.6. The lowest BCUT2D eigenvalue weighted by atomic mass is 9.68. The van der Waals surface area contributed by atoms with E-state index in [4.69, 9.17) is 4.74 Å². The van der Waals surface area contributed by atoms with Gasteiger partial charge in [-0.1, -0.05) is 56.3 Å². The van der Waals surface area contributed by atoms with Gasteiger partial charge in [-0.2, -0.15) is 0 Å². The van der Waals surface area contributed by atoms with Gasteiger partial charge in [0.25, 0.3) is 0 Å². The number of likely N-dealkylation sites (tertiary alicyclic amines) is 1. The summed E-state index contributed by atoms with van der Waals surface area (Å²) in [5.74, 6) is 1.60. The molecule has 136 valence electrons. The van der Waals surface area contributed by atoms with E-state index in [9.17, 15) is 0 Å². The summed E-state index contributed by atoms with van der Waals surface area (Å²) >= 11 is 0. The molecule has 0 unspecified atom stereocenters. The van der Waals surface area contributed by atoms with E-state index in [0.29, 0.717) is 5.92 Å². The first-order valence-corrected chi connectivity index (χ1v) is 9.02. The summed E-state index contributed by atoms with van der Waals surface area (Å²) in [6.07, 6.45) is 2.35. The molecule has 2 nitrogen and oxygen atoms in total. The monoisotopic (exact) mass is 403 g/mol. The van der Waals surface area contributed by atoms with Crippen molar-refractivity contribution >= 4 is 17.0 Å². The quantitative estimate of drug-likeness (QED) is 0.686. The van der Waals surface area contributed by atoms with Gasteiger partial charge < -0.3 is 9.64 Å². The molecule has 0 bridgehead atoms. The van der Waals surface area contributed by atoms with Crippen molar-refractivity contribution in [2.75, 3.05) is 26.7 Å². The lowest BCUT2D eigenvalue weighted by Gasteiger charge is -2.45. The largest absolute Gasteiger partial charge is 0.497 e. The van der Waals surface area contributed by atoms with Crippen molar-refractivity contribution in [2.45, 2.75) is 32.1 Å². The molecule has 3 rings (SSSR count). The Bertz CT molecular complexity index is 660. The zero-order valence-corrected chi connectivity index (χ0v) is 17.3. The van der Waals surface area contributed by atoms with Crippen molar-refractivity contribution < 1.29 is 4.74 Å². The molecule has 0 radical (unpaired) electrons. The number of benzene rings is 2. The molecular weight excluding hydrogens is 374 g/mol. The lowest BCUT2D eigenvalue weighted by molar-refractivity contribution is 0.112. The second-order valence-electron chi connectivity index (χ2n) is 7.34. The molecule has 0 spiro atoms. The molecular formula is C22H30BrNO. The molecule has 2 aromatic rings. The molecule has 1 aliphatic rings. The number of methoxy groups -OCH3 is 1. The van der Waals surface area contributed by atoms with E-state index >= 15 is 0 Å². The molecule has 0 saturated carbocycles. The van der Waals surface area contributed by atoms with Crippen molar-refractivity contribution in [3.05, 3.63) is 65.7 Å². The summed E-state index contributed by atoms with van der Waals surface area (Å²) in [5, 5.41) is 0. The van der Waals surface area contributed by atoms with Gasteiger partial charge in [-0.15, -0.1) is 17.0 Å². The van der Waals surface area contributed by atoms with E-state index in [1.54, 1.807) is 7.11 Å². The van der Waals surface area contributed by atoms with Crippen molar-refractivity contribution in [1.29, 1.82) is 0 Å². The molecule has 0 aromatic heterocycles. The molecule has 1 aliphatic heterocycles. The topological polar surface area (TPSA) is 12.5 Å². The van der Waals surface area contributed by atoms with Gasteiger partial charge in [0.05, 0.1) is 7.11 Å². The van der Waals surface area contributed by atoms with Gasteiger partial charge in [0, 0.05) is 13.1 Å². The van der Waals surface area contributed by atoms with Gasteiger partial charge in [-0.3, -0.25) is 0 Å². The fourth-order valence-corrected chi connectivity index (χ4v) is 3.86. The van der Waals surface area contributed by atoms with Crippen LogP contribution in [0.15, 0.2) is 54.6 Å². The highest BCUT2D eigenvalue weighted by Crippen LogP contribution is 2.40. The highest BCUT2D eigenvalue weighted by Gasteiger charge is 2.37. The van der Waals surface area contributed by atoms with Crippen molar-refractivity contribution in [1.82, 2.24) is 4.90 Å². The normalized spacial score (nSPS) is 23.7. The minimum Gasteiger partial charge on any atom is -0.497 e. The molecule has 0 N–H and O–H groups in total. The van der Waals surface area contributed by atoms with Gasteiger partial charge in [-0.05, 0) is 54.0 Å².